The van der Waals surface area contributed by atoms with Gasteiger partial charge in [-0.25, -0.2) is 18.5 Å². The van der Waals surface area contributed by atoms with E-state index in [4.69, 9.17) is 51.1 Å². The van der Waals surface area contributed by atoms with Crippen LogP contribution < -0.4 is 5.73 Å². The number of rotatable bonds is 4. The topological polar surface area (TPSA) is 104 Å². The van der Waals surface area contributed by atoms with E-state index in [1.165, 1.54) is 12.1 Å². The van der Waals surface area contributed by atoms with Crippen molar-refractivity contribution in [2.75, 3.05) is 0 Å². The quantitative estimate of drug-likeness (QED) is 0.356. The second-order valence-electron chi connectivity index (χ2n) is 5.33. The highest BCUT2D eigenvalue weighted by Gasteiger charge is 2.33. The first-order valence-corrected chi connectivity index (χ1v) is 8.52. The number of halogens is 8. The van der Waals surface area contributed by atoms with Gasteiger partial charge in [-0.1, -0.05) is 34.8 Å². The number of benzene rings is 1. The number of aliphatic imine (C=N–C) groups is 1. The Labute approximate surface area is 180 Å². The van der Waals surface area contributed by atoms with E-state index in [2.05, 4.69) is 10.1 Å². The Bertz CT molecular complexity index is 1110. The van der Waals surface area contributed by atoms with Gasteiger partial charge in [0.05, 0.1) is 27.4 Å². The van der Waals surface area contributed by atoms with Gasteiger partial charge < -0.3 is 5.73 Å². The molecule has 1 aromatic heterocycles. The van der Waals surface area contributed by atoms with Crippen molar-refractivity contribution in [3.05, 3.63) is 55.5 Å². The minimum absolute atomic E-state index is 0.384. The summed E-state index contributed by atoms with van der Waals surface area (Å²) in [7, 11) is 0. The van der Waals surface area contributed by atoms with Crippen LogP contribution in [0.3, 0.4) is 0 Å². The molecule has 2 rings (SSSR count). The number of allylic oxidation sites excluding steroid dienone is 2. The summed E-state index contributed by atoms with van der Waals surface area (Å²) in [6.07, 6.45) is -7.26. The molecule has 0 fully saturated rings. The molecular weight excluding hydrogens is 478 g/mol. The molecule has 0 bridgehead atoms. The summed E-state index contributed by atoms with van der Waals surface area (Å²) in [5.41, 5.74) is 1.14. The van der Waals surface area contributed by atoms with Crippen molar-refractivity contribution in [2.24, 2.45) is 10.7 Å². The van der Waals surface area contributed by atoms with Crippen LogP contribution in [-0.2, 0) is 6.18 Å². The summed E-state index contributed by atoms with van der Waals surface area (Å²) in [4.78, 5) is 3.53. The molecule has 0 aliphatic carbocycles. The minimum atomic E-state index is -4.76. The zero-order chi connectivity index (χ0) is 22.8. The summed E-state index contributed by atoms with van der Waals surface area (Å²) in [6, 6.07) is 4.01. The van der Waals surface area contributed by atoms with Crippen LogP contribution in [0, 0.1) is 22.7 Å². The maximum absolute atomic E-state index is 13.5. The van der Waals surface area contributed by atoms with Crippen LogP contribution in [-0.4, -0.2) is 16.0 Å². The first-order chi connectivity index (χ1) is 13.9. The van der Waals surface area contributed by atoms with Crippen LogP contribution in [0.1, 0.15) is 23.2 Å². The highest BCUT2D eigenvalue weighted by atomic mass is 35.5. The summed E-state index contributed by atoms with van der Waals surface area (Å²) >= 11 is 17.7. The minimum Gasteiger partial charge on any atom is -0.388 e. The highest BCUT2D eigenvalue weighted by Crippen LogP contribution is 2.40. The number of hydrogen-bond donors (Lipinski definition) is 1. The Morgan fingerprint density at radius 1 is 1.17 bits per heavy atom. The van der Waals surface area contributed by atoms with Crippen LogP contribution in [0.5, 0.6) is 0 Å². The largest absolute Gasteiger partial charge is 0.416 e. The zero-order valence-electron chi connectivity index (χ0n) is 14.1. The number of nitriles is 2. The van der Waals surface area contributed by atoms with E-state index in [-0.39, 0.29) is 5.69 Å². The van der Waals surface area contributed by atoms with Crippen molar-refractivity contribution >= 4 is 41.0 Å². The first kappa shape index (κ1) is 23.4. The van der Waals surface area contributed by atoms with Gasteiger partial charge in [-0.05, 0) is 12.1 Å². The molecule has 0 aliphatic heterocycles. The lowest BCUT2D eigenvalue weighted by atomic mass is 10.2. The van der Waals surface area contributed by atoms with E-state index in [0.29, 0.717) is 23.0 Å². The van der Waals surface area contributed by atoms with Gasteiger partial charge in [0, 0.05) is 0 Å². The summed E-state index contributed by atoms with van der Waals surface area (Å²) in [5, 5.41) is 19.5. The summed E-state index contributed by atoms with van der Waals surface area (Å²) in [6.45, 7) is 0. The predicted octanol–water partition coefficient (Wildman–Crippen LogP) is 5.43. The van der Waals surface area contributed by atoms with E-state index in [1.54, 1.807) is 0 Å². The van der Waals surface area contributed by atoms with Gasteiger partial charge in [-0.2, -0.15) is 28.8 Å². The molecule has 156 valence electrons. The average molecular weight is 484 g/mol. The molecule has 0 spiro atoms. The fourth-order valence-electron chi connectivity index (χ4n) is 2.14. The third-order valence-electron chi connectivity index (χ3n) is 3.46. The van der Waals surface area contributed by atoms with Gasteiger partial charge in [0.25, 0.3) is 6.43 Å². The second-order valence-corrected chi connectivity index (χ2v) is 6.50. The number of hydrogen-bond acceptors (Lipinski definition) is 5. The van der Waals surface area contributed by atoms with Crippen LogP contribution in [0.4, 0.5) is 22.0 Å². The highest BCUT2D eigenvalue weighted by molar-refractivity contribution is 6.38. The van der Waals surface area contributed by atoms with Crippen molar-refractivity contribution in [1.82, 2.24) is 9.78 Å². The van der Waals surface area contributed by atoms with Gasteiger partial charge in [0.15, 0.2) is 5.70 Å². The Balaban J connectivity index is 2.70. The number of alkyl halides is 5. The fourth-order valence-corrected chi connectivity index (χ4v) is 3.09. The van der Waals surface area contributed by atoms with Crippen molar-refractivity contribution in [3.63, 3.8) is 0 Å². The maximum Gasteiger partial charge on any atom is 0.416 e. The van der Waals surface area contributed by atoms with Crippen molar-refractivity contribution < 1.29 is 22.0 Å². The molecule has 0 radical (unpaired) electrons. The Morgan fingerprint density at radius 3 is 2.17 bits per heavy atom. The third-order valence-corrected chi connectivity index (χ3v) is 4.40. The first-order valence-electron chi connectivity index (χ1n) is 7.39. The Morgan fingerprint density at radius 2 is 1.73 bits per heavy atom. The number of nitrogens with zero attached hydrogens (tertiary/aromatic N) is 5. The smallest absolute Gasteiger partial charge is 0.388 e. The molecule has 2 aromatic rings. The lowest BCUT2D eigenvalue weighted by molar-refractivity contribution is -0.137. The molecule has 14 heteroatoms. The SMILES string of the molecule is N#CC(N)=C(C#N)N=Cc1nn(-c2c(Cl)cc(C(F)(F)F)cc2Cl)c(Cl)c1C(F)F. The number of nitrogens with two attached hydrogens (primary N) is 1. The van der Waals surface area contributed by atoms with Gasteiger partial charge in [0.2, 0.25) is 0 Å². The molecule has 0 saturated heterocycles. The average Bonchev–Trinajstić information content (AvgIpc) is 2.96. The summed E-state index contributed by atoms with van der Waals surface area (Å²) < 4.78 is 66.3. The van der Waals surface area contributed by atoms with Crippen LogP contribution in [0.25, 0.3) is 5.69 Å². The molecule has 0 saturated carbocycles. The van der Waals surface area contributed by atoms with E-state index in [9.17, 15) is 22.0 Å². The fraction of sp³-hybridized carbons (Fsp3) is 0.125. The van der Waals surface area contributed by atoms with E-state index >= 15 is 0 Å². The molecular formula is C16H6Cl3F5N6. The predicted molar refractivity (Wildman–Crippen MR) is 98.6 cm³/mol. The summed E-state index contributed by atoms with van der Waals surface area (Å²) in [5.74, 6) is 0. The van der Waals surface area contributed by atoms with Crippen LogP contribution in [0.2, 0.25) is 15.2 Å². The van der Waals surface area contributed by atoms with Gasteiger partial charge in [0.1, 0.15) is 34.4 Å². The number of aromatic nitrogens is 2. The standard InChI is InChI=1S/C16H6Cl3F5N6/c17-7-1-6(16(22,23)24)2-8(18)13(7)30-14(19)12(15(20)21)11(29-30)5-28-10(4-26)9(27)3-25/h1-2,5,15H,27H2. The molecule has 2 N–H and O–H groups in total. The molecule has 1 aromatic carbocycles. The van der Waals surface area contributed by atoms with Crippen molar-refractivity contribution in [3.8, 4) is 17.8 Å². The van der Waals surface area contributed by atoms with Crippen LogP contribution >= 0.6 is 34.8 Å². The monoisotopic (exact) mass is 482 g/mol. The molecule has 0 unspecified atom stereocenters. The lowest BCUT2D eigenvalue weighted by Gasteiger charge is -2.13. The van der Waals surface area contributed by atoms with E-state index in [0.717, 1.165) is 0 Å². The third kappa shape index (κ3) is 4.65. The van der Waals surface area contributed by atoms with Crippen LogP contribution in [0.15, 0.2) is 28.5 Å². The van der Waals surface area contributed by atoms with Gasteiger partial charge >= 0.3 is 6.18 Å². The Hall–Kier alpha value is -2.86. The zero-order valence-corrected chi connectivity index (χ0v) is 16.4. The lowest BCUT2D eigenvalue weighted by Crippen LogP contribution is -2.07. The molecule has 6 nitrogen and oxygen atoms in total. The molecule has 30 heavy (non-hydrogen) atoms. The van der Waals surface area contributed by atoms with Gasteiger partial charge in [-0.3, -0.25) is 0 Å². The van der Waals surface area contributed by atoms with Crippen molar-refractivity contribution in [2.45, 2.75) is 12.6 Å². The van der Waals surface area contributed by atoms with E-state index < -0.39 is 56.0 Å². The van der Waals surface area contributed by atoms with Gasteiger partial charge in [-0.15, -0.1) is 0 Å². The molecule has 1 heterocycles. The molecule has 0 aliphatic rings. The van der Waals surface area contributed by atoms with Crippen molar-refractivity contribution in [1.29, 1.82) is 10.5 Å². The normalized spacial score (nSPS) is 12.8. The molecule has 0 amide bonds. The maximum atomic E-state index is 13.5. The second kappa shape index (κ2) is 8.88. The Kier molecular flexibility index (Phi) is 6.93. The van der Waals surface area contributed by atoms with E-state index in [1.807, 2.05) is 0 Å². The molecule has 0 atom stereocenters.